The lowest BCUT2D eigenvalue weighted by molar-refractivity contribution is 0.0760. The van der Waals surface area contributed by atoms with Crippen LogP contribution >= 0.6 is 12.6 Å². The summed E-state index contributed by atoms with van der Waals surface area (Å²) in [5, 5.41) is 0. The second-order valence-corrected chi connectivity index (χ2v) is 6.22. The monoisotopic (exact) mass is 273 g/mol. The van der Waals surface area contributed by atoms with Crippen LogP contribution in [-0.4, -0.2) is 43.5 Å². The van der Waals surface area contributed by atoms with E-state index in [0.717, 1.165) is 24.8 Å². The van der Waals surface area contributed by atoms with Crippen molar-refractivity contribution in [3.63, 3.8) is 0 Å². The summed E-state index contributed by atoms with van der Waals surface area (Å²) in [5.74, 6) is 1.91. The number of hydrogen-bond acceptors (Lipinski definition) is 3. The summed E-state index contributed by atoms with van der Waals surface area (Å²) in [6.45, 7) is 10.1. The van der Waals surface area contributed by atoms with Gasteiger partial charge in [-0.2, -0.15) is 12.6 Å². The Kier molecular flexibility index (Phi) is 7.04. The van der Waals surface area contributed by atoms with Crippen molar-refractivity contribution in [1.29, 1.82) is 0 Å². The molecule has 1 aliphatic carbocycles. The van der Waals surface area contributed by atoms with Gasteiger partial charge in [0.15, 0.2) is 0 Å². The topological polar surface area (TPSA) is 12.5 Å². The van der Waals surface area contributed by atoms with E-state index in [1.54, 1.807) is 7.11 Å². The summed E-state index contributed by atoms with van der Waals surface area (Å²) in [7, 11) is 1.80. The molecule has 1 aliphatic rings. The van der Waals surface area contributed by atoms with Gasteiger partial charge in [-0.3, -0.25) is 4.90 Å². The van der Waals surface area contributed by atoms with E-state index >= 15 is 0 Å². The molecule has 0 heterocycles. The fourth-order valence-corrected chi connectivity index (χ4v) is 3.24. The Morgan fingerprint density at radius 2 is 1.94 bits per heavy atom. The third kappa shape index (κ3) is 4.43. The first-order valence-electron chi connectivity index (χ1n) is 7.46. The van der Waals surface area contributed by atoms with E-state index in [1.165, 1.54) is 32.2 Å². The van der Waals surface area contributed by atoms with Crippen LogP contribution in [-0.2, 0) is 4.74 Å². The summed E-state index contributed by atoms with van der Waals surface area (Å²) >= 11 is 4.61. The fraction of sp³-hybridized carbons (Fsp3) is 1.00. The molecule has 0 aromatic rings. The maximum absolute atomic E-state index is 5.28. The summed E-state index contributed by atoms with van der Waals surface area (Å²) in [6.07, 6.45) is 5.26. The Bertz CT molecular complexity index is 218. The van der Waals surface area contributed by atoms with Gasteiger partial charge in [-0.25, -0.2) is 0 Å². The molecule has 1 rings (SSSR count). The van der Waals surface area contributed by atoms with Gasteiger partial charge in [0.2, 0.25) is 0 Å². The lowest BCUT2D eigenvalue weighted by Gasteiger charge is -2.39. The van der Waals surface area contributed by atoms with Gasteiger partial charge in [0.05, 0.1) is 6.61 Å². The first kappa shape index (κ1) is 16.3. The number of ether oxygens (including phenoxy) is 1. The van der Waals surface area contributed by atoms with Gasteiger partial charge in [-0.15, -0.1) is 0 Å². The third-order valence-corrected chi connectivity index (χ3v) is 5.51. The number of methoxy groups -OCH3 is 1. The quantitative estimate of drug-likeness (QED) is 0.612. The Morgan fingerprint density at radius 3 is 2.33 bits per heavy atom. The standard InChI is InChI=1S/C15H31NOS/c1-5-15(6-2,12-18)11-16(9-10-17-4)13(3)14-7-8-14/h13-14,18H,5-12H2,1-4H3. The van der Waals surface area contributed by atoms with E-state index in [1.807, 2.05) is 0 Å². The van der Waals surface area contributed by atoms with Gasteiger partial charge < -0.3 is 4.74 Å². The predicted molar refractivity (Wildman–Crippen MR) is 82.5 cm³/mol. The summed E-state index contributed by atoms with van der Waals surface area (Å²) in [5.41, 5.74) is 0.375. The minimum absolute atomic E-state index is 0.375. The summed E-state index contributed by atoms with van der Waals surface area (Å²) < 4.78 is 5.28. The summed E-state index contributed by atoms with van der Waals surface area (Å²) in [4.78, 5) is 2.64. The predicted octanol–water partition coefficient (Wildman–Crippen LogP) is 3.47. The van der Waals surface area contributed by atoms with Crippen LogP contribution in [0.2, 0.25) is 0 Å². The van der Waals surface area contributed by atoms with E-state index in [0.29, 0.717) is 11.5 Å². The first-order chi connectivity index (χ1) is 8.62. The molecule has 0 radical (unpaired) electrons. The number of rotatable bonds is 10. The maximum Gasteiger partial charge on any atom is 0.0589 e. The first-order valence-corrected chi connectivity index (χ1v) is 8.09. The summed E-state index contributed by atoms with van der Waals surface area (Å²) in [6, 6.07) is 0.706. The molecule has 1 unspecified atom stereocenters. The second kappa shape index (κ2) is 7.76. The fourth-order valence-electron chi connectivity index (χ4n) is 2.69. The number of thiol groups is 1. The minimum atomic E-state index is 0.375. The molecule has 0 aromatic carbocycles. The van der Waals surface area contributed by atoms with Crippen LogP contribution in [0.4, 0.5) is 0 Å². The molecule has 0 bridgehead atoms. The zero-order valence-corrected chi connectivity index (χ0v) is 13.5. The highest BCUT2D eigenvalue weighted by Gasteiger charge is 2.35. The van der Waals surface area contributed by atoms with Crippen LogP contribution in [0.5, 0.6) is 0 Å². The Labute approximate surface area is 119 Å². The SMILES string of the molecule is CCC(CC)(CS)CN(CCOC)C(C)C1CC1. The van der Waals surface area contributed by atoms with Crippen LogP contribution < -0.4 is 0 Å². The largest absolute Gasteiger partial charge is 0.383 e. The van der Waals surface area contributed by atoms with Crippen LogP contribution in [0.25, 0.3) is 0 Å². The van der Waals surface area contributed by atoms with E-state index in [-0.39, 0.29) is 0 Å². The molecule has 2 nitrogen and oxygen atoms in total. The highest BCUT2D eigenvalue weighted by molar-refractivity contribution is 7.80. The van der Waals surface area contributed by atoms with Gasteiger partial charge in [0.25, 0.3) is 0 Å². The molecule has 18 heavy (non-hydrogen) atoms. The van der Waals surface area contributed by atoms with Gasteiger partial charge in [-0.05, 0) is 49.7 Å². The average Bonchev–Trinajstić information content (AvgIpc) is 3.24. The third-order valence-electron chi connectivity index (χ3n) is 4.84. The van der Waals surface area contributed by atoms with E-state index in [2.05, 4.69) is 38.3 Å². The number of hydrogen-bond donors (Lipinski definition) is 1. The molecule has 0 saturated heterocycles. The highest BCUT2D eigenvalue weighted by atomic mass is 32.1. The number of nitrogens with zero attached hydrogens (tertiary/aromatic N) is 1. The maximum atomic E-state index is 5.28. The van der Waals surface area contributed by atoms with Crippen molar-refractivity contribution in [2.45, 2.75) is 52.5 Å². The molecular formula is C15H31NOS. The van der Waals surface area contributed by atoms with Crippen molar-refractivity contribution < 1.29 is 4.74 Å². The van der Waals surface area contributed by atoms with Crippen molar-refractivity contribution in [3.05, 3.63) is 0 Å². The van der Waals surface area contributed by atoms with Crippen molar-refractivity contribution in [2.75, 3.05) is 32.6 Å². The van der Waals surface area contributed by atoms with Crippen molar-refractivity contribution in [2.24, 2.45) is 11.3 Å². The lowest BCUT2D eigenvalue weighted by atomic mass is 9.83. The lowest BCUT2D eigenvalue weighted by Crippen LogP contribution is -2.45. The molecule has 1 fully saturated rings. The van der Waals surface area contributed by atoms with E-state index in [9.17, 15) is 0 Å². The van der Waals surface area contributed by atoms with Crippen molar-refractivity contribution in [3.8, 4) is 0 Å². The molecule has 3 heteroatoms. The Morgan fingerprint density at radius 1 is 1.33 bits per heavy atom. The molecular weight excluding hydrogens is 242 g/mol. The average molecular weight is 273 g/mol. The molecule has 0 N–H and O–H groups in total. The molecule has 1 atom stereocenters. The van der Waals surface area contributed by atoms with Crippen molar-refractivity contribution >= 4 is 12.6 Å². The van der Waals surface area contributed by atoms with Crippen LogP contribution in [0.3, 0.4) is 0 Å². The van der Waals surface area contributed by atoms with E-state index < -0.39 is 0 Å². The Balaban J connectivity index is 2.62. The Hall–Kier alpha value is 0.270. The molecule has 0 spiro atoms. The normalized spacial score (nSPS) is 18.3. The molecule has 108 valence electrons. The van der Waals surface area contributed by atoms with Gasteiger partial charge in [0, 0.05) is 26.2 Å². The van der Waals surface area contributed by atoms with E-state index in [4.69, 9.17) is 4.74 Å². The molecule has 0 amide bonds. The highest BCUT2D eigenvalue weighted by Crippen LogP contribution is 2.37. The molecule has 0 aliphatic heterocycles. The van der Waals surface area contributed by atoms with Crippen LogP contribution in [0.15, 0.2) is 0 Å². The van der Waals surface area contributed by atoms with Gasteiger partial charge >= 0.3 is 0 Å². The second-order valence-electron chi connectivity index (χ2n) is 5.91. The van der Waals surface area contributed by atoms with Gasteiger partial charge in [-0.1, -0.05) is 13.8 Å². The van der Waals surface area contributed by atoms with Crippen LogP contribution in [0.1, 0.15) is 46.5 Å². The molecule has 1 saturated carbocycles. The van der Waals surface area contributed by atoms with Crippen LogP contribution in [0, 0.1) is 11.3 Å². The zero-order chi connectivity index (χ0) is 13.6. The minimum Gasteiger partial charge on any atom is -0.383 e. The van der Waals surface area contributed by atoms with Gasteiger partial charge in [0.1, 0.15) is 0 Å². The van der Waals surface area contributed by atoms with Crippen molar-refractivity contribution in [1.82, 2.24) is 4.90 Å². The smallest absolute Gasteiger partial charge is 0.0589 e. The zero-order valence-electron chi connectivity index (χ0n) is 12.6. The molecule has 0 aromatic heterocycles.